The molecule has 0 amide bonds. The fourth-order valence-electron chi connectivity index (χ4n) is 2.07. The predicted octanol–water partition coefficient (Wildman–Crippen LogP) is 4.97. The SMILES string of the molecule is CCCCC(CCC)Nc1ccc([N+](=O)[O-])c(I)c1. The number of anilines is 1. The summed E-state index contributed by atoms with van der Waals surface area (Å²) >= 11 is 2.02. The Labute approximate surface area is 128 Å². The Hall–Kier alpha value is -0.850. The smallest absolute Gasteiger partial charge is 0.282 e. The van der Waals surface area contributed by atoms with Crippen molar-refractivity contribution in [3.05, 3.63) is 31.9 Å². The number of unbranched alkanes of at least 4 members (excludes halogenated alkanes) is 1. The Bertz CT molecular complexity index is 424. The first-order chi connectivity index (χ1) is 9.08. The van der Waals surface area contributed by atoms with Crippen LogP contribution >= 0.6 is 22.6 Å². The normalized spacial score (nSPS) is 12.2. The third-order valence-electron chi connectivity index (χ3n) is 3.06. The van der Waals surface area contributed by atoms with E-state index in [2.05, 4.69) is 19.2 Å². The molecule has 1 rings (SSSR count). The molecule has 1 N–H and O–H groups in total. The Kier molecular flexibility index (Phi) is 7.12. The molecule has 0 aromatic heterocycles. The molecule has 0 bridgehead atoms. The lowest BCUT2D eigenvalue weighted by molar-refractivity contribution is -0.385. The summed E-state index contributed by atoms with van der Waals surface area (Å²) in [5.41, 5.74) is 1.15. The third-order valence-corrected chi connectivity index (χ3v) is 3.92. The van der Waals surface area contributed by atoms with Crippen molar-refractivity contribution >= 4 is 34.0 Å². The molecule has 0 saturated carbocycles. The molecule has 0 aliphatic carbocycles. The van der Waals surface area contributed by atoms with Crippen LogP contribution in [0, 0.1) is 13.7 Å². The van der Waals surface area contributed by atoms with Crippen LogP contribution in [0.15, 0.2) is 18.2 Å². The van der Waals surface area contributed by atoms with Gasteiger partial charge in [-0.1, -0.05) is 33.1 Å². The Morgan fingerprint density at radius 3 is 2.58 bits per heavy atom. The Morgan fingerprint density at radius 2 is 2.05 bits per heavy atom. The minimum Gasteiger partial charge on any atom is -0.382 e. The molecule has 0 heterocycles. The van der Waals surface area contributed by atoms with Gasteiger partial charge in [-0.25, -0.2) is 0 Å². The zero-order chi connectivity index (χ0) is 14.3. The zero-order valence-electron chi connectivity index (χ0n) is 11.5. The summed E-state index contributed by atoms with van der Waals surface area (Å²) in [6, 6.07) is 5.69. The lowest BCUT2D eigenvalue weighted by atomic mass is 10.0. The number of nitro groups is 1. The molecule has 0 saturated heterocycles. The monoisotopic (exact) mass is 376 g/mol. The number of halogens is 1. The predicted molar refractivity (Wildman–Crippen MR) is 87.7 cm³/mol. The molecule has 106 valence electrons. The topological polar surface area (TPSA) is 55.2 Å². The molecule has 0 aliphatic rings. The van der Waals surface area contributed by atoms with Gasteiger partial charge in [-0.3, -0.25) is 10.1 Å². The van der Waals surface area contributed by atoms with E-state index in [4.69, 9.17) is 0 Å². The molecule has 1 unspecified atom stereocenters. The number of hydrogen-bond donors (Lipinski definition) is 1. The van der Waals surface area contributed by atoms with Crippen LogP contribution in [-0.2, 0) is 0 Å². The van der Waals surface area contributed by atoms with E-state index in [0.29, 0.717) is 9.61 Å². The van der Waals surface area contributed by atoms with Crippen LogP contribution in [0.1, 0.15) is 46.0 Å². The molecular weight excluding hydrogens is 355 g/mol. The van der Waals surface area contributed by atoms with Crippen molar-refractivity contribution in [1.82, 2.24) is 0 Å². The quantitative estimate of drug-likeness (QED) is 0.396. The zero-order valence-corrected chi connectivity index (χ0v) is 13.6. The molecule has 0 spiro atoms. The van der Waals surface area contributed by atoms with Crippen LogP contribution in [0.5, 0.6) is 0 Å². The minimum absolute atomic E-state index is 0.173. The first kappa shape index (κ1) is 16.2. The van der Waals surface area contributed by atoms with Gasteiger partial charge in [-0.2, -0.15) is 0 Å². The number of nitrogens with zero attached hydrogens (tertiary/aromatic N) is 1. The van der Waals surface area contributed by atoms with Gasteiger partial charge in [0.25, 0.3) is 5.69 Å². The van der Waals surface area contributed by atoms with E-state index < -0.39 is 0 Å². The van der Waals surface area contributed by atoms with E-state index >= 15 is 0 Å². The standard InChI is InChI=1S/C14H21IN2O2/c1-3-5-7-11(6-4-2)16-12-8-9-14(17(18)19)13(15)10-12/h8-11,16H,3-7H2,1-2H3. The van der Waals surface area contributed by atoms with Crippen molar-refractivity contribution in [2.75, 3.05) is 5.32 Å². The van der Waals surface area contributed by atoms with E-state index in [0.717, 1.165) is 24.9 Å². The highest BCUT2D eigenvalue weighted by Crippen LogP contribution is 2.25. The van der Waals surface area contributed by atoms with Crippen molar-refractivity contribution in [1.29, 1.82) is 0 Å². The summed E-state index contributed by atoms with van der Waals surface area (Å²) in [6.07, 6.45) is 5.83. The van der Waals surface area contributed by atoms with Crippen molar-refractivity contribution < 1.29 is 4.92 Å². The molecule has 1 aromatic carbocycles. The summed E-state index contributed by atoms with van der Waals surface area (Å²) in [5.74, 6) is 0. The number of benzene rings is 1. The fourth-order valence-corrected chi connectivity index (χ4v) is 2.78. The number of rotatable bonds is 8. The van der Waals surface area contributed by atoms with Gasteiger partial charge in [0.15, 0.2) is 0 Å². The summed E-state index contributed by atoms with van der Waals surface area (Å²) in [6.45, 7) is 4.37. The average molecular weight is 376 g/mol. The van der Waals surface area contributed by atoms with Crippen molar-refractivity contribution in [3.8, 4) is 0 Å². The van der Waals surface area contributed by atoms with Gasteiger partial charge in [0.2, 0.25) is 0 Å². The van der Waals surface area contributed by atoms with Gasteiger partial charge >= 0.3 is 0 Å². The van der Waals surface area contributed by atoms with Crippen molar-refractivity contribution in [3.63, 3.8) is 0 Å². The Morgan fingerprint density at radius 1 is 1.32 bits per heavy atom. The van der Waals surface area contributed by atoms with E-state index in [1.54, 1.807) is 12.1 Å². The second-order valence-corrected chi connectivity index (χ2v) is 5.86. The van der Waals surface area contributed by atoms with Crippen LogP contribution in [0.4, 0.5) is 11.4 Å². The molecule has 5 heteroatoms. The molecule has 19 heavy (non-hydrogen) atoms. The second kappa shape index (κ2) is 8.35. The average Bonchev–Trinajstić information content (AvgIpc) is 2.36. The van der Waals surface area contributed by atoms with Crippen LogP contribution in [0.3, 0.4) is 0 Å². The molecule has 0 fully saturated rings. The highest BCUT2D eigenvalue weighted by Gasteiger charge is 2.13. The van der Waals surface area contributed by atoms with Gasteiger partial charge in [0, 0.05) is 17.8 Å². The number of nitrogens with one attached hydrogen (secondary N) is 1. The lowest BCUT2D eigenvalue weighted by Crippen LogP contribution is -2.19. The first-order valence-electron chi connectivity index (χ1n) is 6.79. The molecule has 0 radical (unpaired) electrons. The maximum atomic E-state index is 10.8. The van der Waals surface area contributed by atoms with E-state index in [-0.39, 0.29) is 10.6 Å². The highest BCUT2D eigenvalue weighted by molar-refractivity contribution is 14.1. The maximum absolute atomic E-state index is 10.8. The van der Waals surface area contributed by atoms with E-state index in [1.165, 1.54) is 12.8 Å². The molecule has 1 atom stereocenters. The summed E-state index contributed by atoms with van der Waals surface area (Å²) < 4.78 is 0.679. The lowest BCUT2D eigenvalue weighted by Gasteiger charge is -2.19. The van der Waals surface area contributed by atoms with Gasteiger partial charge in [0.05, 0.1) is 8.49 Å². The fraction of sp³-hybridized carbons (Fsp3) is 0.571. The summed E-state index contributed by atoms with van der Waals surface area (Å²) in [5, 5.41) is 14.3. The van der Waals surface area contributed by atoms with Gasteiger partial charge in [-0.05, 0) is 47.6 Å². The first-order valence-corrected chi connectivity index (χ1v) is 7.86. The maximum Gasteiger partial charge on any atom is 0.282 e. The van der Waals surface area contributed by atoms with Gasteiger partial charge < -0.3 is 5.32 Å². The van der Waals surface area contributed by atoms with E-state index in [1.807, 2.05) is 28.7 Å². The summed E-state index contributed by atoms with van der Waals surface area (Å²) in [4.78, 5) is 10.4. The third kappa shape index (κ3) is 5.34. The van der Waals surface area contributed by atoms with Gasteiger partial charge in [0.1, 0.15) is 0 Å². The van der Waals surface area contributed by atoms with Crippen LogP contribution in [0.2, 0.25) is 0 Å². The molecule has 4 nitrogen and oxygen atoms in total. The minimum atomic E-state index is -0.341. The highest BCUT2D eigenvalue weighted by atomic mass is 127. The second-order valence-electron chi connectivity index (χ2n) is 4.70. The van der Waals surface area contributed by atoms with Crippen molar-refractivity contribution in [2.24, 2.45) is 0 Å². The van der Waals surface area contributed by atoms with Crippen LogP contribution in [0.25, 0.3) is 0 Å². The van der Waals surface area contributed by atoms with Crippen molar-refractivity contribution in [2.45, 2.75) is 52.0 Å². The largest absolute Gasteiger partial charge is 0.382 e. The van der Waals surface area contributed by atoms with Crippen LogP contribution < -0.4 is 5.32 Å². The Balaban J connectivity index is 2.73. The van der Waals surface area contributed by atoms with Gasteiger partial charge in [-0.15, -0.1) is 0 Å². The number of hydrogen-bond acceptors (Lipinski definition) is 3. The molecule has 0 aliphatic heterocycles. The number of nitro benzene ring substituents is 1. The molecule has 1 aromatic rings. The molecular formula is C14H21IN2O2. The summed E-state index contributed by atoms with van der Waals surface area (Å²) in [7, 11) is 0. The van der Waals surface area contributed by atoms with E-state index in [9.17, 15) is 10.1 Å². The van der Waals surface area contributed by atoms with Crippen LogP contribution in [-0.4, -0.2) is 11.0 Å².